The van der Waals surface area contributed by atoms with Crippen LogP contribution in [0.1, 0.15) is 26.2 Å². The van der Waals surface area contributed by atoms with Crippen molar-refractivity contribution in [1.29, 1.82) is 0 Å². The molecule has 3 heteroatoms. The van der Waals surface area contributed by atoms with Gasteiger partial charge in [-0.2, -0.15) is 0 Å². The lowest BCUT2D eigenvalue weighted by Gasteiger charge is -2.16. The third-order valence-corrected chi connectivity index (χ3v) is 3.15. The molecule has 0 heterocycles. The third-order valence-electron chi connectivity index (χ3n) is 3.15. The Hall–Kier alpha value is -0.830. The molecule has 78 valence electrons. The molecule has 0 aromatic heterocycles. The molecule has 1 saturated carbocycles. The molecule has 3 atom stereocenters. The van der Waals surface area contributed by atoms with Crippen molar-refractivity contribution < 1.29 is 4.79 Å². The first-order valence-electron chi connectivity index (χ1n) is 5.41. The summed E-state index contributed by atoms with van der Waals surface area (Å²) in [6.07, 6.45) is 7.15. The van der Waals surface area contributed by atoms with Gasteiger partial charge in [-0.15, -0.1) is 0 Å². The molecule has 1 amide bonds. The molecule has 0 aromatic rings. The predicted octanol–water partition coefficient (Wildman–Crippen LogP) is 0.804. The van der Waals surface area contributed by atoms with Crippen molar-refractivity contribution in [2.75, 3.05) is 0 Å². The van der Waals surface area contributed by atoms with Crippen LogP contribution in [0.5, 0.6) is 0 Å². The van der Waals surface area contributed by atoms with Crippen molar-refractivity contribution in [3.8, 4) is 0 Å². The highest BCUT2D eigenvalue weighted by molar-refractivity contribution is 5.81. The van der Waals surface area contributed by atoms with Crippen LogP contribution in [0.4, 0.5) is 0 Å². The lowest BCUT2D eigenvalue weighted by molar-refractivity contribution is -0.124. The molecular weight excluding hydrogens is 176 g/mol. The highest BCUT2D eigenvalue weighted by Gasteiger charge is 2.31. The van der Waals surface area contributed by atoms with E-state index in [-0.39, 0.29) is 17.9 Å². The van der Waals surface area contributed by atoms with Crippen molar-refractivity contribution in [1.82, 2.24) is 5.32 Å². The number of nitrogens with two attached hydrogens (primary N) is 1. The number of carbonyl (C=O) groups excluding carboxylic acids is 1. The van der Waals surface area contributed by atoms with Gasteiger partial charge in [0.05, 0.1) is 5.92 Å². The quantitative estimate of drug-likeness (QED) is 0.653. The lowest BCUT2D eigenvalue weighted by Crippen LogP contribution is -2.38. The summed E-state index contributed by atoms with van der Waals surface area (Å²) in [6.45, 7) is 2.09. The van der Waals surface area contributed by atoms with Crippen molar-refractivity contribution in [3.63, 3.8) is 0 Å². The van der Waals surface area contributed by atoms with Crippen LogP contribution in [0.25, 0.3) is 0 Å². The topological polar surface area (TPSA) is 55.1 Å². The Kier molecular flexibility index (Phi) is 2.59. The van der Waals surface area contributed by atoms with Crippen LogP contribution in [0.15, 0.2) is 12.2 Å². The van der Waals surface area contributed by atoms with Crippen LogP contribution in [0, 0.1) is 11.8 Å². The van der Waals surface area contributed by atoms with E-state index in [4.69, 9.17) is 5.73 Å². The van der Waals surface area contributed by atoms with E-state index in [0.29, 0.717) is 6.04 Å². The summed E-state index contributed by atoms with van der Waals surface area (Å²) >= 11 is 0. The van der Waals surface area contributed by atoms with Crippen molar-refractivity contribution in [2.45, 2.75) is 38.3 Å². The van der Waals surface area contributed by atoms with Crippen molar-refractivity contribution >= 4 is 5.91 Å². The number of rotatable bonds is 3. The molecule has 0 bridgehead atoms. The highest BCUT2D eigenvalue weighted by Crippen LogP contribution is 2.32. The molecule has 0 aliphatic heterocycles. The van der Waals surface area contributed by atoms with Gasteiger partial charge in [0.1, 0.15) is 0 Å². The summed E-state index contributed by atoms with van der Waals surface area (Å²) in [5.74, 6) is 0.873. The van der Waals surface area contributed by atoms with E-state index in [9.17, 15) is 4.79 Å². The summed E-state index contributed by atoms with van der Waals surface area (Å²) < 4.78 is 0. The maximum absolute atomic E-state index is 11.7. The van der Waals surface area contributed by atoms with Gasteiger partial charge in [0.15, 0.2) is 0 Å². The first kappa shape index (κ1) is 9.71. The van der Waals surface area contributed by atoms with E-state index < -0.39 is 0 Å². The van der Waals surface area contributed by atoms with E-state index >= 15 is 0 Å². The Balaban J connectivity index is 1.80. The Labute approximate surface area is 84.7 Å². The fourth-order valence-electron chi connectivity index (χ4n) is 1.97. The summed E-state index contributed by atoms with van der Waals surface area (Å²) in [5, 5.41) is 3.06. The second kappa shape index (κ2) is 3.73. The van der Waals surface area contributed by atoms with Crippen LogP contribution in [0.3, 0.4) is 0 Å². The van der Waals surface area contributed by atoms with Crippen LogP contribution >= 0.6 is 0 Å². The number of nitrogens with one attached hydrogen (secondary N) is 1. The second-order valence-electron chi connectivity index (χ2n) is 4.53. The summed E-state index contributed by atoms with van der Waals surface area (Å²) in [6, 6.07) is 0.412. The maximum atomic E-state index is 11.7. The van der Waals surface area contributed by atoms with Gasteiger partial charge in [-0.3, -0.25) is 4.79 Å². The normalized spacial score (nSPS) is 33.0. The molecule has 2 aliphatic rings. The molecule has 1 fully saturated rings. The van der Waals surface area contributed by atoms with E-state index in [1.54, 1.807) is 0 Å². The van der Waals surface area contributed by atoms with Crippen LogP contribution < -0.4 is 11.1 Å². The Morgan fingerprint density at radius 3 is 2.71 bits per heavy atom. The van der Waals surface area contributed by atoms with Gasteiger partial charge in [-0.05, 0) is 32.1 Å². The van der Waals surface area contributed by atoms with E-state index in [2.05, 4.69) is 12.2 Å². The Morgan fingerprint density at radius 1 is 1.50 bits per heavy atom. The molecule has 0 radical (unpaired) electrons. The predicted molar refractivity (Wildman–Crippen MR) is 55.6 cm³/mol. The molecule has 0 saturated heterocycles. The van der Waals surface area contributed by atoms with Crippen LogP contribution in [-0.2, 0) is 4.79 Å². The number of hydrogen-bond donors (Lipinski definition) is 2. The minimum atomic E-state index is 0.00574. The number of carbonyl (C=O) groups is 1. The average molecular weight is 194 g/mol. The van der Waals surface area contributed by atoms with Gasteiger partial charge in [0.25, 0.3) is 0 Å². The molecular formula is C11H18N2O. The molecule has 3 nitrogen and oxygen atoms in total. The maximum Gasteiger partial charge on any atom is 0.227 e. The van der Waals surface area contributed by atoms with E-state index in [1.165, 1.54) is 12.8 Å². The highest BCUT2D eigenvalue weighted by atomic mass is 16.1. The molecule has 3 unspecified atom stereocenters. The molecule has 0 aromatic carbocycles. The zero-order chi connectivity index (χ0) is 10.1. The molecule has 0 spiro atoms. The Bertz CT molecular complexity index is 258. The van der Waals surface area contributed by atoms with E-state index in [0.717, 1.165) is 12.3 Å². The third kappa shape index (κ3) is 2.15. The van der Waals surface area contributed by atoms with Gasteiger partial charge >= 0.3 is 0 Å². The van der Waals surface area contributed by atoms with Gasteiger partial charge < -0.3 is 11.1 Å². The lowest BCUT2D eigenvalue weighted by atomic mass is 10.1. The summed E-state index contributed by atoms with van der Waals surface area (Å²) in [7, 11) is 0. The van der Waals surface area contributed by atoms with Crippen LogP contribution in [0.2, 0.25) is 0 Å². The molecule has 3 N–H and O–H groups in total. The first-order chi connectivity index (χ1) is 6.66. The Morgan fingerprint density at radius 2 is 2.21 bits per heavy atom. The minimum absolute atomic E-state index is 0.00574. The zero-order valence-corrected chi connectivity index (χ0v) is 8.57. The fraction of sp³-hybridized carbons (Fsp3) is 0.727. The zero-order valence-electron chi connectivity index (χ0n) is 8.57. The SMILES string of the molecule is CC(NC(=O)C1C=CC(N)C1)C1CC1. The average Bonchev–Trinajstić information content (AvgIpc) is 2.89. The van der Waals surface area contributed by atoms with Crippen LogP contribution in [-0.4, -0.2) is 18.0 Å². The van der Waals surface area contributed by atoms with Gasteiger partial charge in [0, 0.05) is 12.1 Å². The first-order valence-corrected chi connectivity index (χ1v) is 5.41. The fourth-order valence-corrected chi connectivity index (χ4v) is 1.97. The molecule has 14 heavy (non-hydrogen) atoms. The summed E-state index contributed by atoms with van der Waals surface area (Å²) in [5.41, 5.74) is 5.70. The van der Waals surface area contributed by atoms with Crippen molar-refractivity contribution in [2.24, 2.45) is 17.6 Å². The monoisotopic (exact) mass is 194 g/mol. The number of amides is 1. The smallest absolute Gasteiger partial charge is 0.227 e. The van der Waals surface area contributed by atoms with Gasteiger partial charge in [0.2, 0.25) is 5.91 Å². The van der Waals surface area contributed by atoms with E-state index in [1.807, 2.05) is 12.2 Å². The standard InChI is InChI=1S/C11H18N2O/c1-7(8-2-3-8)13-11(14)9-4-5-10(12)6-9/h4-5,7-10H,2-3,6,12H2,1H3,(H,13,14). The second-order valence-corrected chi connectivity index (χ2v) is 4.53. The van der Waals surface area contributed by atoms with Gasteiger partial charge in [-0.1, -0.05) is 12.2 Å². The largest absolute Gasteiger partial charge is 0.353 e. The number of hydrogen-bond acceptors (Lipinski definition) is 2. The molecule has 2 rings (SSSR count). The van der Waals surface area contributed by atoms with Crippen molar-refractivity contribution in [3.05, 3.63) is 12.2 Å². The molecule has 2 aliphatic carbocycles. The van der Waals surface area contributed by atoms with Gasteiger partial charge in [-0.25, -0.2) is 0 Å². The summed E-state index contributed by atoms with van der Waals surface area (Å²) in [4.78, 5) is 11.7. The minimum Gasteiger partial charge on any atom is -0.353 e.